The molecule has 0 saturated carbocycles. The van der Waals surface area contributed by atoms with Crippen LogP contribution < -0.4 is 0 Å². The largest absolute Gasteiger partial charge is 0.481 e. The predicted octanol–water partition coefficient (Wildman–Crippen LogP) is 0.392. The minimum atomic E-state index is -1.12. The Morgan fingerprint density at radius 2 is 2.24 bits per heavy atom. The van der Waals surface area contributed by atoms with E-state index in [4.69, 9.17) is 19.5 Å². The first-order valence-corrected chi connectivity index (χ1v) is 5.36. The molecule has 0 aromatic heterocycles. The highest BCUT2D eigenvalue weighted by Gasteiger charge is 2.46. The Hall–Kier alpha value is -0.730. The third kappa shape index (κ3) is 3.90. The molecular formula is C10H18O7. The Morgan fingerprint density at radius 3 is 2.88 bits per heavy atom. The zero-order valence-electron chi connectivity index (χ0n) is 10.0. The van der Waals surface area contributed by atoms with Crippen LogP contribution in [0.2, 0.25) is 0 Å². The van der Waals surface area contributed by atoms with Gasteiger partial charge in [-0.15, -0.1) is 0 Å². The van der Waals surface area contributed by atoms with E-state index in [9.17, 15) is 4.79 Å². The molecule has 17 heavy (non-hydrogen) atoms. The van der Waals surface area contributed by atoms with E-state index in [0.29, 0.717) is 26.2 Å². The van der Waals surface area contributed by atoms with Gasteiger partial charge in [-0.05, 0) is 6.92 Å². The molecule has 7 nitrogen and oxygen atoms in total. The third-order valence-corrected chi connectivity index (χ3v) is 2.72. The molecule has 100 valence electrons. The van der Waals surface area contributed by atoms with Crippen molar-refractivity contribution in [3.63, 3.8) is 0 Å². The van der Waals surface area contributed by atoms with E-state index in [1.54, 1.807) is 14.0 Å². The van der Waals surface area contributed by atoms with Gasteiger partial charge < -0.3 is 14.6 Å². The van der Waals surface area contributed by atoms with Crippen LogP contribution in [0.4, 0.5) is 0 Å². The molecule has 2 atom stereocenters. The molecule has 0 bridgehead atoms. The van der Waals surface area contributed by atoms with Crippen molar-refractivity contribution in [3.05, 3.63) is 0 Å². The van der Waals surface area contributed by atoms with Gasteiger partial charge in [-0.25, -0.2) is 9.78 Å². The van der Waals surface area contributed by atoms with Gasteiger partial charge in [0.25, 0.3) is 0 Å². The highest BCUT2D eigenvalue weighted by molar-refractivity contribution is 5.75. The molecule has 0 aromatic carbocycles. The standard InChI is InChI=1S/C10H18O7/c1-10(9(11)12)7-15-17-16-8(10)3-4-14-6-5-13-2/h8H,3-7H2,1-2H3,(H,11,12). The highest BCUT2D eigenvalue weighted by atomic mass is 17.5. The van der Waals surface area contributed by atoms with E-state index in [1.165, 1.54) is 0 Å². The molecule has 1 aliphatic heterocycles. The normalized spacial score (nSPS) is 29.2. The summed E-state index contributed by atoms with van der Waals surface area (Å²) >= 11 is 0. The van der Waals surface area contributed by atoms with Crippen LogP contribution >= 0.6 is 0 Å². The number of ether oxygens (including phenoxy) is 2. The predicted molar refractivity (Wildman–Crippen MR) is 55.0 cm³/mol. The maximum absolute atomic E-state index is 11.1. The molecule has 2 unspecified atom stereocenters. The summed E-state index contributed by atoms with van der Waals surface area (Å²) in [5.74, 6) is -0.984. The summed E-state index contributed by atoms with van der Waals surface area (Å²) in [6.45, 7) is 2.84. The van der Waals surface area contributed by atoms with Crippen LogP contribution in [0.1, 0.15) is 13.3 Å². The molecule has 7 heteroatoms. The number of hydrogen-bond acceptors (Lipinski definition) is 6. The van der Waals surface area contributed by atoms with Gasteiger partial charge in [0.15, 0.2) is 0 Å². The van der Waals surface area contributed by atoms with Gasteiger partial charge in [0, 0.05) is 20.1 Å². The van der Waals surface area contributed by atoms with Crippen molar-refractivity contribution >= 4 is 5.97 Å². The van der Waals surface area contributed by atoms with E-state index >= 15 is 0 Å². The van der Waals surface area contributed by atoms with Crippen molar-refractivity contribution < 1.29 is 34.2 Å². The van der Waals surface area contributed by atoms with Crippen molar-refractivity contribution in [1.82, 2.24) is 0 Å². The monoisotopic (exact) mass is 250 g/mol. The molecule has 0 aromatic rings. The van der Waals surface area contributed by atoms with E-state index in [2.05, 4.69) is 9.93 Å². The number of carbonyl (C=O) groups is 1. The Morgan fingerprint density at radius 1 is 1.47 bits per heavy atom. The lowest BCUT2D eigenvalue weighted by atomic mass is 9.83. The SMILES string of the molecule is COCCOCCC1OOOCC1(C)C(=O)O. The fraction of sp³-hybridized carbons (Fsp3) is 0.900. The Balaban J connectivity index is 2.36. The summed E-state index contributed by atoms with van der Waals surface area (Å²) in [5, 5.41) is 13.5. The molecule has 0 spiro atoms. The molecular weight excluding hydrogens is 232 g/mol. The highest BCUT2D eigenvalue weighted by Crippen LogP contribution is 2.31. The number of hydrogen-bond donors (Lipinski definition) is 1. The molecule has 1 saturated heterocycles. The summed E-state index contributed by atoms with van der Waals surface area (Å²) in [6.07, 6.45) is -0.188. The average Bonchev–Trinajstić information content (AvgIpc) is 2.31. The molecule has 1 rings (SSSR count). The first kappa shape index (κ1) is 14.3. The molecule has 1 fully saturated rings. The zero-order chi connectivity index (χ0) is 12.7. The quantitative estimate of drug-likeness (QED) is 0.517. The summed E-state index contributed by atoms with van der Waals surface area (Å²) in [4.78, 5) is 20.6. The van der Waals surface area contributed by atoms with Crippen LogP contribution in [0, 0.1) is 5.41 Å². The minimum Gasteiger partial charge on any atom is -0.481 e. The Labute approximate surface area is 99.4 Å². The molecule has 0 amide bonds. The minimum absolute atomic E-state index is 0.0505. The van der Waals surface area contributed by atoms with Crippen LogP contribution in [-0.4, -0.2) is 50.7 Å². The zero-order valence-corrected chi connectivity index (χ0v) is 10.0. The second-order valence-electron chi connectivity index (χ2n) is 4.03. The van der Waals surface area contributed by atoms with Crippen molar-refractivity contribution in [3.8, 4) is 0 Å². The molecule has 1 aliphatic rings. The summed E-state index contributed by atoms with van der Waals surface area (Å²) in [7, 11) is 1.58. The number of carboxylic acid groups (broad SMARTS) is 1. The molecule has 1 N–H and O–H groups in total. The third-order valence-electron chi connectivity index (χ3n) is 2.72. The van der Waals surface area contributed by atoms with Gasteiger partial charge in [0.05, 0.1) is 13.2 Å². The first-order valence-electron chi connectivity index (χ1n) is 5.36. The van der Waals surface area contributed by atoms with Crippen LogP contribution in [0.25, 0.3) is 0 Å². The summed E-state index contributed by atoms with van der Waals surface area (Å²) in [6, 6.07) is 0. The molecule has 1 heterocycles. The second-order valence-corrected chi connectivity index (χ2v) is 4.03. The Bertz CT molecular complexity index is 245. The van der Waals surface area contributed by atoms with Crippen LogP contribution in [0.5, 0.6) is 0 Å². The first-order chi connectivity index (χ1) is 8.11. The van der Waals surface area contributed by atoms with Crippen molar-refractivity contribution in [1.29, 1.82) is 0 Å². The maximum atomic E-state index is 11.1. The van der Waals surface area contributed by atoms with E-state index < -0.39 is 17.5 Å². The average molecular weight is 250 g/mol. The van der Waals surface area contributed by atoms with Crippen LogP contribution in [0.3, 0.4) is 0 Å². The summed E-state index contributed by atoms with van der Waals surface area (Å²) < 4.78 is 10.1. The van der Waals surface area contributed by atoms with Gasteiger partial charge in [0.1, 0.15) is 18.1 Å². The van der Waals surface area contributed by atoms with Crippen molar-refractivity contribution in [2.24, 2.45) is 5.41 Å². The van der Waals surface area contributed by atoms with Crippen LogP contribution in [-0.2, 0) is 29.1 Å². The second kappa shape index (κ2) is 6.87. The van der Waals surface area contributed by atoms with Crippen LogP contribution in [0.15, 0.2) is 0 Å². The van der Waals surface area contributed by atoms with Gasteiger partial charge in [-0.2, -0.15) is 0 Å². The number of aliphatic carboxylic acids is 1. The van der Waals surface area contributed by atoms with E-state index in [-0.39, 0.29) is 6.61 Å². The van der Waals surface area contributed by atoms with Gasteiger partial charge in [-0.1, -0.05) is 5.04 Å². The topological polar surface area (TPSA) is 83.5 Å². The molecule has 0 radical (unpaired) electrons. The number of carboxylic acids is 1. The lowest BCUT2D eigenvalue weighted by molar-refractivity contribution is -0.565. The fourth-order valence-electron chi connectivity index (χ4n) is 1.42. The lowest BCUT2D eigenvalue weighted by Gasteiger charge is -2.34. The number of rotatable bonds is 7. The maximum Gasteiger partial charge on any atom is 0.314 e. The number of methoxy groups -OCH3 is 1. The summed E-state index contributed by atoms with van der Waals surface area (Å²) in [5.41, 5.74) is -1.12. The van der Waals surface area contributed by atoms with Crippen molar-refractivity contribution in [2.45, 2.75) is 19.4 Å². The van der Waals surface area contributed by atoms with Crippen molar-refractivity contribution in [2.75, 3.05) is 33.5 Å². The Kier molecular flexibility index (Phi) is 5.79. The van der Waals surface area contributed by atoms with Gasteiger partial charge in [0.2, 0.25) is 0 Å². The van der Waals surface area contributed by atoms with Gasteiger partial charge in [-0.3, -0.25) is 4.79 Å². The fourth-order valence-corrected chi connectivity index (χ4v) is 1.42. The van der Waals surface area contributed by atoms with E-state index in [1.807, 2.05) is 0 Å². The lowest BCUT2D eigenvalue weighted by Crippen LogP contribution is -2.48. The van der Waals surface area contributed by atoms with E-state index in [0.717, 1.165) is 0 Å². The molecule has 0 aliphatic carbocycles. The smallest absolute Gasteiger partial charge is 0.314 e. The van der Waals surface area contributed by atoms with Gasteiger partial charge >= 0.3 is 5.97 Å².